The topological polar surface area (TPSA) is 24.4 Å². The van der Waals surface area contributed by atoms with Crippen molar-refractivity contribution in [3.63, 3.8) is 0 Å². The molecule has 1 aliphatic heterocycles. The van der Waals surface area contributed by atoms with Gasteiger partial charge in [-0.3, -0.25) is 0 Å². The molecule has 0 radical (unpaired) electrons. The van der Waals surface area contributed by atoms with Crippen LogP contribution in [0.1, 0.15) is 0 Å². The van der Waals surface area contributed by atoms with Crippen molar-refractivity contribution in [2.75, 3.05) is 5.32 Å². The molecule has 2 nitrogen and oxygen atoms in total. The van der Waals surface area contributed by atoms with Crippen LogP contribution in [-0.4, -0.2) is 5.29 Å². The summed E-state index contributed by atoms with van der Waals surface area (Å²) < 4.78 is 0. The molecule has 0 bridgehead atoms. The molecule has 0 saturated heterocycles. The van der Waals surface area contributed by atoms with E-state index in [-0.39, 0.29) is 0 Å². The number of nitrogens with zero attached hydrogens (tertiary/aromatic N) is 1. The lowest BCUT2D eigenvalue weighted by Crippen LogP contribution is -2.07. The second-order valence-corrected chi connectivity index (χ2v) is 4.09. The van der Waals surface area contributed by atoms with Crippen LogP contribution in [0, 0.1) is 0 Å². The largest absolute Gasteiger partial charge is 0.330 e. The number of aliphatic imine (C=N–C) groups is 1. The lowest BCUT2D eigenvalue weighted by molar-refractivity contribution is 1.51. The summed E-state index contributed by atoms with van der Waals surface area (Å²) in [4.78, 5) is 4.20. The molecule has 74 valence electrons. The summed E-state index contributed by atoms with van der Waals surface area (Å²) in [7, 11) is 0. The number of hydrogen-bond acceptors (Lipinski definition) is 2. The Morgan fingerprint density at radius 3 is 2.80 bits per heavy atom. The highest BCUT2D eigenvalue weighted by Gasteiger charge is 2.15. The maximum absolute atomic E-state index is 6.08. The summed E-state index contributed by atoms with van der Waals surface area (Å²) in [6.07, 6.45) is 0. The van der Waals surface area contributed by atoms with Gasteiger partial charge in [-0.25, -0.2) is 4.99 Å². The quantitative estimate of drug-likeness (QED) is 0.684. The predicted octanol–water partition coefficient (Wildman–Crippen LogP) is 4.15. The number of hydrogen-bond donors (Lipinski definition) is 1. The predicted molar refractivity (Wildman–Crippen MR) is 65.5 cm³/mol. The van der Waals surface area contributed by atoms with Gasteiger partial charge in [0.15, 0.2) is 0 Å². The van der Waals surface area contributed by atoms with Gasteiger partial charge in [0.1, 0.15) is 0 Å². The van der Waals surface area contributed by atoms with E-state index in [1.165, 1.54) is 0 Å². The van der Waals surface area contributed by atoms with Gasteiger partial charge in [-0.15, -0.1) is 0 Å². The standard InChI is InChI=1S/C11H6Cl2N2/c12-7-5-4-6-2-1-3-8-9(6)10(7)15-11(13)14-8/h1-5H,(H,14,15). The van der Waals surface area contributed by atoms with Gasteiger partial charge in [0, 0.05) is 5.39 Å². The molecule has 1 heterocycles. The first-order valence-electron chi connectivity index (χ1n) is 4.48. The molecule has 2 aromatic rings. The Morgan fingerprint density at radius 1 is 1.07 bits per heavy atom. The van der Waals surface area contributed by atoms with Crippen LogP contribution < -0.4 is 5.32 Å². The van der Waals surface area contributed by atoms with Crippen molar-refractivity contribution in [1.82, 2.24) is 0 Å². The monoisotopic (exact) mass is 236 g/mol. The van der Waals surface area contributed by atoms with E-state index < -0.39 is 0 Å². The van der Waals surface area contributed by atoms with E-state index in [0.717, 1.165) is 22.1 Å². The fourth-order valence-corrected chi connectivity index (χ4v) is 2.17. The Balaban J connectivity index is 2.52. The zero-order valence-electron chi connectivity index (χ0n) is 7.59. The Labute approximate surface area is 96.5 Å². The molecule has 0 spiro atoms. The van der Waals surface area contributed by atoms with E-state index in [1.54, 1.807) is 0 Å². The van der Waals surface area contributed by atoms with Crippen molar-refractivity contribution in [2.24, 2.45) is 4.99 Å². The first-order chi connectivity index (χ1) is 7.25. The van der Waals surface area contributed by atoms with Crippen molar-refractivity contribution in [3.05, 3.63) is 35.4 Å². The summed E-state index contributed by atoms with van der Waals surface area (Å²) in [5, 5.41) is 6.10. The Hall–Kier alpha value is -1.25. The number of rotatable bonds is 0. The van der Waals surface area contributed by atoms with Gasteiger partial charge in [-0.05, 0) is 29.1 Å². The molecule has 1 N–H and O–H groups in total. The minimum Gasteiger partial charge on any atom is -0.330 e. The zero-order valence-corrected chi connectivity index (χ0v) is 9.10. The summed E-state index contributed by atoms with van der Waals surface area (Å²) in [6, 6.07) is 9.76. The van der Waals surface area contributed by atoms with Gasteiger partial charge in [-0.2, -0.15) is 0 Å². The van der Waals surface area contributed by atoms with Gasteiger partial charge >= 0.3 is 0 Å². The van der Waals surface area contributed by atoms with Crippen LogP contribution in [0.15, 0.2) is 35.3 Å². The van der Waals surface area contributed by atoms with Crippen LogP contribution in [0.5, 0.6) is 0 Å². The maximum Gasteiger partial charge on any atom is 0.201 e. The van der Waals surface area contributed by atoms with Crippen LogP contribution in [0.25, 0.3) is 10.8 Å². The van der Waals surface area contributed by atoms with E-state index in [9.17, 15) is 0 Å². The summed E-state index contributed by atoms with van der Waals surface area (Å²) >= 11 is 12.0. The van der Waals surface area contributed by atoms with Crippen LogP contribution in [-0.2, 0) is 0 Å². The van der Waals surface area contributed by atoms with Crippen LogP contribution >= 0.6 is 23.2 Å². The smallest absolute Gasteiger partial charge is 0.201 e. The number of benzene rings is 2. The van der Waals surface area contributed by atoms with Gasteiger partial charge < -0.3 is 5.32 Å². The first-order valence-corrected chi connectivity index (χ1v) is 5.24. The third-order valence-corrected chi connectivity index (χ3v) is 2.90. The zero-order chi connectivity index (χ0) is 10.4. The van der Waals surface area contributed by atoms with Crippen molar-refractivity contribution in [2.45, 2.75) is 0 Å². The number of amidine groups is 1. The fourth-order valence-electron chi connectivity index (χ4n) is 1.79. The molecule has 4 heteroatoms. The maximum atomic E-state index is 6.08. The Kier molecular flexibility index (Phi) is 1.87. The fraction of sp³-hybridized carbons (Fsp3) is 0. The SMILES string of the molecule is ClC1=Nc2c(Cl)ccc3cccc(c23)N1. The summed E-state index contributed by atoms with van der Waals surface area (Å²) in [6.45, 7) is 0. The number of anilines is 1. The molecule has 15 heavy (non-hydrogen) atoms. The normalized spacial score (nSPS) is 13.6. The molecule has 3 rings (SSSR count). The molecule has 0 aromatic heterocycles. The molecular formula is C11H6Cl2N2. The van der Waals surface area contributed by atoms with Crippen LogP contribution in [0.2, 0.25) is 5.02 Å². The van der Waals surface area contributed by atoms with Gasteiger partial charge in [0.05, 0.1) is 16.4 Å². The molecule has 0 saturated carbocycles. The average Bonchev–Trinajstić information content (AvgIpc) is 2.23. The first kappa shape index (κ1) is 9.01. The minimum atomic E-state index is 0.350. The molecular weight excluding hydrogens is 231 g/mol. The third-order valence-electron chi connectivity index (χ3n) is 2.42. The highest BCUT2D eigenvalue weighted by Crippen LogP contribution is 2.40. The minimum absolute atomic E-state index is 0.350. The van der Waals surface area contributed by atoms with E-state index in [2.05, 4.69) is 10.3 Å². The summed E-state index contributed by atoms with van der Waals surface area (Å²) in [5.74, 6) is 0. The van der Waals surface area contributed by atoms with Crippen molar-refractivity contribution in [3.8, 4) is 0 Å². The average molecular weight is 237 g/mol. The van der Waals surface area contributed by atoms with Crippen molar-refractivity contribution in [1.29, 1.82) is 0 Å². The van der Waals surface area contributed by atoms with Gasteiger partial charge in [0.2, 0.25) is 5.29 Å². The van der Waals surface area contributed by atoms with Gasteiger partial charge in [-0.1, -0.05) is 29.8 Å². The molecule has 2 aromatic carbocycles. The lowest BCUT2D eigenvalue weighted by atomic mass is 10.1. The number of halogens is 2. The van der Waals surface area contributed by atoms with E-state index >= 15 is 0 Å². The molecule has 0 fully saturated rings. The Morgan fingerprint density at radius 2 is 1.93 bits per heavy atom. The molecule has 1 aliphatic rings. The van der Waals surface area contributed by atoms with Gasteiger partial charge in [0.25, 0.3) is 0 Å². The van der Waals surface area contributed by atoms with E-state index in [4.69, 9.17) is 23.2 Å². The Bertz CT molecular complexity index is 590. The second kappa shape index (κ2) is 3.12. The molecule has 0 unspecified atom stereocenters. The second-order valence-electron chi connectivity index (χ2n) is 3.33. The summed E-state index contributed by atoms with van der Waals surface area (Å²) in [5.41, 5.74) is 1.69. The van der Waals surface area contributed by atoms with Crippen molar-refractivity contribution >= 4 is 50.6 Å². The molecule has 0 atom stereocenters. The highest BCUT2D eigenvalue weighted by molar-refractivity contribution is 6.68. The lowest BCUT2D eigenvalue weighted by Gasteiger charge is -2.16. The molecule has 0 aliphatic carbocycles. The molecule has 0 amide bonds. The van der Waals surface area contributed by atoms with Crippen molar-refractivity contribution < 1.29 is 0 Å². The van der Waals surface area contributed by atoms with E-state index in [1.807, 2.05) is 30.3 Å². The number of nitrogens with one attached hydrogen (secondary N) is 1. The van der Waals surface area contributed by atoms with E-state index in [0.29, 0.717) is 10.3 Å². The highest BCUT2D eigenvalue weighted by atomic mass is 35.5. The third kappa shape index (κ3) is 1.29. The van der Waals surface area contributed by atoms with Crippen LogP contribution in [0.3, 0.4) is 0 Å². The van der Waals surface area contributed by atoms with Crippen LogP contribution in [0.4, 0.5) is 11.4 Å².